The molecule has 2 aliphatic heterocycles. The Morgan fingerprint density at radius 1 is 0.981 bits per heavy atom. The number of benzene rings is 2. The first kappa shape index (κ1) is 38.8. The third-order valence-electron chi connectivity index (χ3n) is 9.63. The van der Waals surface area contributed by atoms with Crippen molar-refractivity contribution < 1.29 is 46.6 Å². The maximum Gasteiger partial charge on any atom is 0.411 e. The van der Waals surface area contributed by atoms with Crippen LogP contribution in [0.2, 0.25) is 0 Å². The number of fused-ring (bicyclic) bond motifs is 2. The second-order valence-corrected chi connectivity index (χ2v) is 17.1. The molecule has 4 aliphatic rings. The third kappa shape index (κ3) is 9.58. The average molecular weight is 766 g/mol. The van der Waals surface area contributed by atoms with E-state index in [0.29, 0.717) is 31.4 Å². The lowest BCUT2D eigenvalue weighted by atomic mass is 10.1. The summed E-state index contributed by atoms with van der Waals surface area (Å²) in [6.45, 7) is 4.81. The number of sulfonamides is 1. The van der Waals surface area contributed by atoms with Crippen LogP contribution in [-0.2, 0) is 38.6 Å². The first-order chi connectivity index (χ1) is 25.6. The van der Waals surface area contributed by atoms with Crippen LogP contribution in [0.4, 0.5) is 15.3 Å². The van der Waals surface area contributed by atoms with Crippen LogP contribution in [0.25, 0.3) is 11.1 Å². The van der Waals surface area contributed by atoms with Gasteiger partial charge in [0.05, 0.1) is 18.4 Å². The summed E-state index contributed by atoms with van der Waals surface area (Å²) in [6.07, 6.45) is 2.94. The number of anilines is 1. The van der Waals surface area contributed by atoms with E-state index >= 15 is 0 Å². The predicted octanol–water partition coefficient (Wildman–Crippen LogP) is 3.61. The molecule has 1 saturated heterocycles. The molecular formula is C38H47N5O10S. The predicted molar refractivity (Wildman–Crippen MR) is 197 cm³/mol. The van der Waals surface area contributed by atoms with Gasteiger partial charge in [0.1, 0.15) is 29.3 Å². The van der Waals surface area contributed by atoms with E-state index in [9.17, 15) is 32.4 Å². The number of allylic oxidation sites excluding steroid dienone is 1. The van der Waals surface area contributed by atoms with Crippen molar-refractivity contribution in [3.8, 4) is 11.1 Å². The van der Waals surface area contributed by atoms with E-state index < -0.39 is 80.4 Å². The number of amides is 5. The minimum absolute atomic E-state index is 0.142. The van der Waals surface area contributed by atoms with Crippen molar-refractivity contribution in [2.45, 2.75) is 93.9 Å². The summed E-state index contributed by atoms with van der Waals surface area (Å²) in [4.78, 5) is 69.2. The minimum Gasteiger partial charge on any atom is -0.444 e. The van der Waals surface area contributed by atoms with Crippen LogP contribution in [0.15, 0.2) is 66.7 Å². The van der Waals surface area contributed by atoms with Crippen molar-refractivity contribution in [2.75, 3.05) is 25.1 Å². The molecule has 16 heteroatoms. The molecular weight excluding hydrogens is 719 g/mol. The molecule has 3 fully saturated rings. The van der Waals surface area contributed by atoms with Crippen LogP contribution < -0.4 is 20.7 Å². The normalized spacial score (nSPS) is 26.8. The topological polar surface area (TPSA) is 199 Å². The van der Waals surface area contributed by atoms with Crippen LogP contribution in [0.1, 0.15) is 59.3 Å². The zero-order chi connectivity index (χ0) is 38.7. The van der Waals surface area contributed by atoms with Crippen molar-refractivity contribution in [2.24, 2.45) is 5.92 Å². The highest BCUT2D eigenvalue weighted by atomic mass is 32.2. The van der Waals surface area contributed by atoms with Gasteiger partial charge in [-0.25, -0.2) is 18.0 Å². The molecule has 0 radical (unpaired) electrons. The molecule has 290 valence electrons. The molecule has 0 spiro atoms. The van der Waals surface area contributed by atoms with E-state index in [1.54, 1.807) is 39.0 Å². The fraction of sp³-hybridized carbons (Fsp3) is 0.500. The van der Waals surface area contributed by atoms with Crippen molar-refractivity contribution in [1.82, 2.24) is 20.3 Å². The molecule has 5 atom stereocenters. The van der Waals surface area contributed by atoms with Gasteiger partial charge in [0.25, 0.3) is 5.91 Å². The Balaban J connectivity index is 1.22. The molecule has 4 N–H and O–H groups in total. The molecule has 2 aromatic rings. The van der Waals surface area contributed by atoms with Crippen molar-refractivity contribution >= 4 is 45.6 Å². The molecule has 54 heavy (non-hydrogen) atoms. The SMILES string of the molecule is CC(C)(C)OC(=O)N[C@H]1COCCC/C=C\[C@H]2C[C@@]2(C(=O)NS(=O)(=O)C2CC2)NC(=O)[C@@H]2C[C@@H](OC(=O)Nc3ccc(-c4ccccc4)cc3)CN2C1=O. The van der Waals surface area contributed by atoms with Gasteiger partial charge in [-0.2, -0.15) is 0 Å². The number of alkyl carbamates (subject to hydrolysis) is 1. The average Bonchev–Trinajstić information content (AvgIpc) is 4.04. The maximum atomic E-state index is 14.2. The standard InChI is InChI=1S/C38H47N5O10S/c1-37(2,3)53-36(48)40-30-23-51-19-9-5-8-12-26-21-38(26,34(46)42-54(49,50)29-17-18-29)41-32(44)31-20-28(22-43(31)33(30)45)52-35(47)39-27-15-13-25(14-16-27)24-10-6-4-7-11-24/h4,6-8,10-16,26,28-31H,5,9,17-23H2,1-3H3,(H,39,47)(H,40,48)(H,41,44)(H,42,46)/b12-8-/t26-,28+,30-,31-,38+/m0/s1. The van der Waals surface area contributed by atoms with E-state index in [1.165, 1.54) is 4.90 Å². The van der Waals surface area contributed by atoms with Crippen molar-refractivity contribution in [1.29, 1.82) is 0 Å². The zero-order valence-electron chi connectivity index (χ0n) is 30.5. The highest BCUT2D eigenvalue weighted by molar-refractivity contribution is 7.91. The number of nitrogens with one attached hydrogen (secondary N) is 4. The van der Waals surface area contributed by atoms with Crippen LogP contribution in [0.3, 0.4) is 0 Å². The molecule has 2 heterocycles. The number of hydrogen-bond acceptors (Lipinski definition) is 10. The van der Waals surface area contributed by atoms with E-state index in [0.717, 1.165) is 11.1 Å². The molecule has 0 unspecified atom stereocenters. The molecule has 0 bridgehead atoms. The Kier molecular flexibility index (Phi) is 11.3. The van der Waals surface area contributed by atoms with Gasteiger partial charge in [0.15, 0.2) is 0 Å². The molecule has 6 rings (SSSR count). The highest BCUT2D eigenvalue weighted by Gasteiger charge is 2.62. The summed E-state index contributed by atoms with van der Waals surface area (Å²) in [7, 11) is -3.93. The molecule has 15 nitrogen and oxygen atoms in total. The lowest BCUT2D eigenvalue weighted by Gasteiger charge is -2.30. The lowest BCUT2D eigenvalue weighted by Crippen LogP contribution is -2.59. The number of nitrogens with zero attached hydrogens (tertiary/aromatic N) is 1. The number of rotatable bonds is 7. The lowest BCUT2D eigenvalue weighted by molar-refractivity contribution is -0.142. The van der Waals surface area contributed by atoms with Crippen molar-refractivity contribution in [3.63, 3.8) is 0 Å². The molecule has 0 aromatic heterocycles. The van der Waals surface area contributed by atoms with Crippen LogP contribution >= 0.6 is 0 Å². The highest BCUT2D eigenvalue weighted by Crippen LogP contribution is 2.46. The van der Waals surface area contributed by atoms with E-state index in [-0.39, 0.29) is 32.6 Å². The molecule has 2 aliphatic carbocycles. The first-order valence-electron chi connectivity index (χ1n) is 18.2. The monoisotopic (exact) mass is 765 g/mol. The fourth-order valence-electron chi connectivity index (χ4n) is 6.61. The number of hydrogen-bond donors (Lipinski definition) is 4. The summed E-state index contributed by atoms with van der Waals surface area (Å²) in [5.41, 5.74) is -0.0272. The number of ether oxygens (including phenoxy) is 3. The number of carbonyl (C=O) groups excluding carboxylic acids is 5. The van der Waals surface area contributed by atoms with Gasteiger partial charge < -0.3 is 29.7 Å². The quantitative estimate of drug-likeness (QED) is 0.302. The minimum atomic E-state index is -3.93. The summed E-state index contributed by atoms with van der Waals surface area (Å²) in [6, 6.07) is 14.3. The van der Waals surface area contributed by atoms with Crippen molar-refractivity contribution in [3.05, 3.63) is 66.7 Å². The van der Waals surface area contributed by atoms with Crippen LogP contribution in [0, 0.1) is 5.92 Å². The Morgan fingerprint density at radius 3 is 2.37 bits per heavy atom. The molecule has 2 saturated carbocycles. The van der Waals surface area contributed by atoms with E-state index in [1.807, 2.05) is 48.5 Å². The fourth-order valence-corrected chi connectivity index (χ4v) is 7.97. The van der Waals surface area contributed by atoms with Crippen LogP contribution in [-0.4, -0.2) is 97.6 Å². The summed E-state index contributed by atoms with van der Waals surface area (Å²) >= 11 is 0. The van der Waals surface area contributed by atoms with Gasteiger partial charge in [-0.15, -0.1) is 0 Å². The Morgan fingerprint density at radius 2 is 1.69 bits per heavy atom. The smallest absolute Gasteiger partial charge is 0.411 e. The van der Waals surface area contributed by atoms with Gasteiger partial charge in [-0.1, -0.05) is 54.6 Å². The summed E-state index contributed by atoms with van der Waals surface area (Å²) < 4.78 is 44.6. The van der Waals surface area contributed by atoms with Gasteiger partial charge in [0, 0.05) is 24.6 Å². The Bertz CT molecular complexity index is 1880. The van der Waals surface area contributed by atoms with Crippen LogP contribution in [0.5, 0.6) is 0 Å². The summed E-state index contributed by atoms with van der Waals surface area (Å²) in [5, 5.41) is 7.35. The second kappa shape index (κ2) is 15.8. The largest absolute Gasteiger partial charge is 0.444 e. The number of carbonyl (C=O) groups is 5. The zero-order valence-corrected chi connectivity index (χ0v) is 31.4. The van der Waals surface area contributed by atoms with Gasteiger partial charge in [-0.05, 0) is 76.1 Å². The Labute approximate surface area is 314 Å². The third-order valence-corrected chi connectivity index (χ3v) is 11.4. The van der Waals surface area contributed by atoms with Gasteiger partial charge in [0.2, 0.25) is 21.8 Å². The molecule has 2 aromatic carbocycles. The van der Waals surface area contributed by atoms with E-state index in [4.69, 9.17) is 14.2 Å². The maximum absolute atomic E-state index is 14.2. The first-order valence-corrected chi connectivity index (χ1v) is 19.7. The second-order valence-electron chi connectivity index (χ2n) is 15.1. The van der Waals surface area contributed by atoms with E-state index in [2.05, 4.69) is 20.7 Å². The Hall–Kier alpha value is -4.96. The van der Waals surface area contributed by atoms with Gasteiger partial charge in [-0.3, -0.25) is 24.4 Å². The summed E-state index contributed by atoms with van der Waals surface area (Å²) in [5.74, 6) is -2.79. The van der Waals surface area contributed by atoms with Gasteiger partial charge >= 0.3 is 12.2 Å². The molecule has 5 amide bonds.